The second kappa shape index (κ2) is 9.13. The first-order valence-corrected chi connectivity index (χ1v) is 9.36. The Morgan fingerprint density at radius 3 is 2.25 bits per heavy atom. The molecule has 0 saturated carbocycles. The number of halogens is 3. The van der Waals surface area contributed by atoms with E-state index in [-0.39, 0.29) is 24.3 Å². The number of esters is 1. The molecule has 0 spiro atoms. The zero-order chi connectivity index (χ0) is 20.9. The number of aryl methyl sites for hydroxylation is 3. The molecule has 0 amide bonds. The molecule has 28 heavy (non-hydrogen) atoms. The molecule has 0 unspecified atom stereocenters. The number of carbonyl (C=O) groups excluding carboxylic acids is 1. The van der Waals surface area contributed by atoms with Gasteiger partial charge in [0.05, 0.1) is 5.56 Å². The molecule has 0 atom stereocenters. The average Bonchev–Trinajstić information content (AvgIpc) is 2.65. The Balaban J connectivity index is 2.42. The van der Waals surface area contributed by atoms with Gasteiger partial charge in [-0.3, -0.25) is 4.79 Å². The summed E-state index contributed by atoms with van der Waals surface area (Å²) in [6, 6.07) is 7.42. The van der Waals surface area contributed by atoms with Crippen molar-refractivity contribution >= 4 is 5.97 Å². The summed E-state index contributed by atoms with van der Waals surface area (Å²) in [5.74, 6) is -0.179. The van der Waals surface area contributed by atoms with E-state index < -0.39 is 17.7 Å². The van der Waals surface area contributed by atoms with E-state index in [0.717, 1.165) is 23.6 Å². The number of rotatable bonds is 7. The molecule has 0 radical (unpaired) electrons. The molecule has 0 aromatic heterocycles. The van der Waals surface area contributed by atoms with Crippen LogP contribution in [-0.2, 0) is 30.4 Å². The number of hydrogen-bond donors (Lipinski definition) is 0. The molecule has 2 aromatic rings. The van der Waals surface area contributed by atoms with Crippen LogP contribution in [0.25, 0.3) is 0 Å². The molecular formula is C22H25F3O3. The van der Waals surface area contributed by atoms with Gasteiger partial charge in [-0.25, -0.2) is 0 Å². The summed E-state index contributed by atoms with van der Waals surface area (Å²) in [7, 11) is 0. The smallest absolute Gasteiger partial charge is 0.416 e. The molecular weight excluding hydrogens is 369 g/mol. The Labute approximate surface area is 163 Å². The van der Waals surface area contributed by atoms with Gasteiger partial charge in [-0.05, 0) is 54.7 Å². The van der Waals surface area contributed by atoms with E-state index in [2.05, 4.69) is 6.92 Å². The Bertz CT molecular complexity index is 842. The first kappa shape index (κ1) is 21.8. The summed E-state index contributed by atoms with van der Waals surface area (Å²) in [6.07, 6.45) is -2.95. The molecule has 0 heterocycles. The van der Waals surface area contributed by atoms with E-state index in [0.29, 0.717) is 12.2 Å². The highest BCUT2D eigenvalue weighted by Crippen LogP contribution is 2.37. The van der Waals surface area contributed by atoms with Crippen molar-refractivity contribution in [1.82, 2.24) is 0 Å². The molecule has 0 aliphatic rings. The van der Waals surface area contributed by atoms with Gasteiger partial charge < -0.3 is 9.47 Å². The second-order valence-electron chi connectivity index (χ2n) is 6.49. The van der Waals surface area contributed by atoms with Crippen LogP contribution in [0.5, 0.6) is 11.5 Å². The largest absolute Gasteiger partial charge is 0.488 e. The summed E-state index contributed by atoms with van der Waals surface area (Å²) in [5, 5.41) is 0. The van der Waals surface area contributed by atoms with Crippen LogP contribution in [0.2, 0.25) is 0 Å². The molecule has 0 N–H and O–H groups in total. The molecule has 0 fully saturated rings. The third-order valence-corrected chi connectivity index (χ3v) is 4.60. The molecule has 152 valence electrons. The number of carbonyl (C=O) groups is 1. The number of alkyl halides is 3. The Morgan fingerprint density at radius 2 is 1.68 bits per heavy atom. The SMILES string of the molecule is CCC(=O)Oc1cccc(C(F)(F)F)c1COc1cc(C)c(CC)cc1CC. The topological polar surface area (TPSA) is 35.5 Å². The molecule has 2 aromatic carbocycles. The van der Waals surface area contributed by atoms with Crippen molar-refractivity contribution in [2.45, 2.75) is 59.7 Å². The van der Waals surface area contributed by atoms with Crippen molar-refractivity contribution in [2.75, 3.05) is 0 Å². The standard InChI is InChI=1S/C22H25F3O3/c1-5-15-12-16(6-2)20(11-14(15)4)27-13-17-18(22(23,24)25)9-8-10-19(17)28-21(26)7-3/h8-12H,5-7,13H2,1-4H3. The summed E-state index contributed by atoms with van der Waals surface area (Å²) in [6.45, 7) is 7.20. The van der Waals surface area contributed by atoms with Crippen LogP contribution < -0.4 is 9.47 Å². The van der Waals surface area contributed by atoms with Gasteiger partial charge in [-0.15, -0.1) is 0 Å². The zero-order valence-corrected chi connectivity index (χ0v) is 16.6. The minimum Gasteiger partial charge on any atom is -0.488 e. The number of ether oxygens (including phenoxy) is 2. The summed E-state index contributed by atoms with van der Waals surface area (Å²) >= 11 is 0. The fourth-order valence-corrected chi connectivity index (χ4v) is 2.99. The molecule has 6 heteroatoms. The maximum atomic E-state index is 13.5. The van der Waals surface area contributed by atoms with Crippen molar-refractivity contribution in [1.29, 1.82) is 0 Å². The molecule has 2 rings (SSSR count). The van der Waals surface area contributed by atoms with Gasteiger partial charge >= 0.3 is 12.1 Å². The highest BCUT2D eigenvalue weighted by molar-refractivity contribution is 5.72. The van der Waals surface area contributed by atoms with Gasteiger partial charge in [-0.2, -0.15) is 13.2 Å². The lowest BCUT2D eigenvalue weighted by atomic mass is 10.0. The predicted molar refractivity (Wildman–Crippen MR) is 102 cm³/mol. The van der Waals surface area contributed by atoms with Crippen molar-refractivity contribution in [3.63, 3.8) is 0 Å². The Hall–Kier alpha value is -2.50. The minimum atomic E-state index is -4.58. The van der Waals surface area contributed by atoms with Gasteiger partial charge in [-0.1, -0.05) is 32.9 Å². The zero-order valence-electron chi connectivity index (χ0n) is 16.6. The van der Waals surface area contributed by atoms with Gasteiger partial charge in [0.25, 0.3) is 0 Å². The quantitative estimate of drug-likeness (QED) is 0.425. The van der Waals surface area contributed by atoms with E-state index >= 15 is 0 Å². The van der Waals surface area contributed by atoms with Crippen LogP contribution in [0.3, 0.4) is 0 Å². The van der Waals surface area contributed by atoms with Gasteiger partial charge in [0, 0.05) is 12.0 Å². The van der Waals surface area contributed by atoms with Gasteiger partial charge in [0.1, 0.15) is 18.1 Å². The number of benzene rings is 2. The summed E-state index contributed by atoms with van der Waals surface area (Å²) < 4.78 is 51.4. The Kier molecular flexibility index (Phi) is 7.11. The van der Waals surface area contributed by atoms with E-state index in [9.17, 15) is 18.0 Å². The highest BCUT2D eigenvalue weighted by atomic mass is 19.4. The van der Waals surface area contributed by atoms with Crippen LogP contribution in [-0.4, -0.2) is 5.97 Å². The lowest BCUT2D eigenvalue weighted by molar-refractivity contribution is -0.140. The van der Waals surface area contributed by atoms with E-state index in [4.69, 9.17) is 9.47 Å². The van der Waals surface area contributed by atoms with Crippen LogP contribution in [0.4, 0.5) is 13.2 Å². The monoisotopic (exact) mass is 394 g/mol. The predicted octanol–water partition coefficient (Wildman–Crippen LogP) is 6.03. The average molecular weight is 394 g/mol. The summed E-state index contributed by atoms with van der Waals surface area (Å²) in [4.78, 5) is 11.6. The van der Waals surface area contributed by atoms with Crippen molar-refractivity contribution in [3.05, 3.63) is 58.1 Å². The number of hydrogen-bond acceptors (Lipinski definition) is 3. The normalized spacial score (nSPS) is 11.4. The summed E-state index contributed by atoms with van der Waals surface area (Å²) in [5.41, 5.74) is 2.08. The van der Waals surface area contributed by atoms with Crippen LogP contribution in [0.1, 0.15) is 55.0 Å². The van der Waals surface area contributed by atoms with E-state index in [1.54, 1.807) is 6.92 Å². The maximum Gasteiger partial charge on any atom is 0.416 e. The second-order valence-corrected chi connectivity index (χ2v) is 6.49. The fourth-order valence-electron chi connectivity index (χ4n) is 2.99. The third-order valence-electron chi connectivity index (χ3n) is 4.60. The van der Waals surface area contributed by atoms with Crippen LogP contribution in [0.15, 0.2) is 30.3 Å². The van der Waals surface area contributed by atoms with Crippen molar-refractivity contribution < 1.29 is 27.4 Å². The van der Waals surface area contributed by atoms with E-state index in [1.165, 1.54) is 17.7 Å². The van der Waals surface area contributed by atoms with E-state index in [1.807, 2.05) is 26.0 Å². The first-order valence-electron chi connectivity index (χ1n) is 9.36. The lowest BCUT2D eigenvalue weighted by Crippen LogP contribution is -2.15. The molecule has 0 aliphatic carbocycles. The van der Waals surface area contributed by atoms with Crippen LogP contribution in [0, 0.1) is 6.92 Å². The molecule has 3 nitrogen and oxygen atoms in total. The molecule has 0 aliphatic heterocycles. The molecule has 0 bridgehead atoms. The van der Waals surface area contributed by atoms with Crippen molar-refractivity contribution in [3.8, 4) is 11.5 Å². The highest BCUT2D eigenvalue weighted by Gasteiger charge is 2.35. The van der Waals surface area contributed by atoms with Crippen LogP contribution >= 0.6 is 0 Å². The Morgan fingerprint density at radius 1 is 1.00 bits per heavy atom. The minimum absolute atomic E-state index is 0.0637. The first-order chi connectivity index (χ1) is 13.2. The molecule has 0 saturated heterocycles. The van der Waals surface area contributed by atoms with Gasteiger partial charge in [0.15, 0.2) is 0 Å². The third kappa shape index (κ3) is 5.06. The van der Waals surface area contributed by atoms with Crippen molar-refractivity contribution in [2.24, 2.45) is 0 Å². The lowest BCUT2D eigenvalue weighted by Gasteiger charge is -2.19. The maximum absolute atomic E-state index is 13.5. The van der Waals surface area contributed by atoms with Gasteiger partial charge in [0.2, 0.25) is 0 Å². The fraction of sp³-hybridized carbons (Fsp3) is 0.409.